The largest absolute Gasteiger partial charge is 0.495 e. The fourth-order valence-corrected chi connectivity index (χ4v) is 4.32. The van der Waals surface area contributed by atoms with Crippen molar-refractivity contribution in [3.63, 3.8) is 0 Å². The monoisotopic (exact) mass is 403 g/mol. The third kappa shape index (κ3) is 5.27. The molecule has 1 saturated heterocycles. The number of anilines is 1. The van der Waals surface area contributed by atoms with Gasteiger partial charge in [-0.2, -0.15) is 4.31 Å². The smallest absolute Gasteiger partial charge is 0.243 e. The fraction of sp³-hybridized carbons (Fsp3) is 0.562. The average Bonchev–Trinajstić information content (AvgIpc) is 2.62. The zero-order valence-electron chi connectivity index (χ0n) is 15.4. The molecule has 0 spiro atoms. The molecule has 1 heterocycles. The van der Waals surface area contributed by atoms with Crippen molar-refractivity contribution in [2.75, 3.05) is 65.9 Å². The van der Waals surface area contributed by atoms with Gasteiger partial charge in [-0.15, -0.1) is 0 Å². The number of rotatable bonds is 7. The standard InChI is InChI=1S/C16H26N4O4S2/c1-19-7-9-20(10-8-19)26(21,22)13-4-5-15(24-3)14(12-13)18-16(25)17-6-11-23-2/h4-5,12H,6-11H2,1-3H3,(H2,17,18,25)/p+1. The number of hydrogen-bond acceptors (Lipinski definition) is 5. The van der Waals surface area contributed by atoms with Gasteiger partial charge >= 0.3 is 0 Å². The highest BCUT2D eigenvalue weighted by Crippen LogP contribution is 2.29. The summed E-state index contributed by atoms with van der Waals surface area (Å²) in [4.78, 5) is 1.56. The van der Waals surface area contributed by atoms with E-state index in [-0.39, 0.29) is 4.90 Å². The second kappa shape index (κ2) is 9.47. The van der Waals surface area contributed by atoms with Gasteiger partial charge in [-0.3, -0.25) is 0 Å². The second-order valence-corrected chi connectivity index (χ2v) is 8.44. The molecule has 1 aliphatic heterocycles. The predicted molar refractivity (Wildman–Crippen MR) is 104 cm³/mol. The summed E-state index contributed by atoms with van der Waals surface area (Å²) < 4.78 is 37.7. The Labute approximate surface area is 160 Å². The molecule has 2 rings (SSSR count). The Balaban J connectivity index is 2.18. The molecule has 26 heavy (non-hydrogen) atoms. The molecular weight excluding hydrogens is 376 g/mol. The number of methoxy groups -OCH3 is 2. The van der Waals surface area contributed by atoms with E-state index in [0.717, 1.165) is 13.1 Å². The van der Waals surface area contributed by atoms with E-state index < -0.39 is 10.0 Å². The van der Waals surface area contributed by atoms with Crippen LogP contribution in [0.1, 0.15) is 0 Å². The van der Waals surface area contributed by atoms with Crippen LogP contribution in [-0.2, 0) is 14.8 Å². The van der Waals surface area contributed by atoms with Crippen molar-refractivity contribution in [3.8, 4) is 5.75 Å². The zero-order chi connectivity index (χ0) is 19.2. The normalized spacial score (nSPS) is 16.3. The lowest BCUT2D eigenvalue weighted by Crippen LogP contribution is -3.12. The number of quaternary nitrogens is 1. The molecule has 0 bridgehead atoms. The van der Waals surface area contributed by atoms with Gasteiger partial charge in [0.05, 0.1) is 57.5 Å². The highest BCUT2D eigenvalue weighted by molar-refractivity contribution is 7.89. The van der Waals surface area contributed by atoms with Crippen molar-refractivity contribution >= 4 is 33.0 Å². The molecule has 0 aliphatic carbocycles. The van der Waals surface area contributed by atoms with Gasteiger partial charge < -0.3 is 25.0 Å². The van der Waals surface area contributed by atoms with Crippen molar-refractivity contribution in [1.29, 1.82) is 0 Å². The lowest BCUT2D eigenvalue weighted by Gasteiger charge is -2.29. The van der Waals surface area contributed by atoms with E-state index in [1.54, 1.807) is 25.3 Å². The van der Waals surface area contributed by atoms with Crippen LogP contribution in [0, 0.1) is 0 Å². The van der Waals surface area contributed by atoms with Gasteiger partial charge in [0.2, 0.25) is 10.0 Å². The van der Waals surface area contributed by atoms with Crippen LogP contribution in [0.2, 0.25) is 0 Å². The third-order valence-electron chi connectivity index (χ3n) is 4.22. The summed E-state index contributed by atoms with van der Waals surface area (Å²) in [5, 5.41) is 6.36. The minimum absolute atomic E-state index is 0.222. The number of thiocarbonyl (C=S) groups is 1. The van der Waals surface area contributed by atoms with E-state index in [4.69, 9.17) is 21.7 Å². The Hall–Kier alpha value is -1.46. The van der Waals surface area contributed by atoms with Gasteiger partial charge in [-0.05, 0) is 30.4 Å². The first-order valence-corrected chi connectivity index (χ1v) is 10.3. The van der Waals surface area contributed by atoms with E-state index >= 15 is 0 Å². The molecule has 1 aromatic rings. The molecule has 0 unspecified atom stereocenters. The van der Waals surface area contributed by atoms with Gasteiger partial charge in [0.15, 0.2) is 5.11 Å². The highest BCUT2D eigenvalue weighted by Gasteiger charge is 2.29. The number of likely N-dealkylation sites (N-methyl/N-ethyl adjacent to an activating group) is 1. The van der Waals surface area contributed by atoms with E-state index in [2.05, 4.69) is 17.7 Å². The van der Waals surface area contributed by atoms with Gasteiger partial charge in [0.1, 0.15) is 5.75 Å². The topological polar surface area (TPSA) is 84.3 Å². The number of ether oxygens (including phenoxy) is 2. The summed E-state index contributed by atoms with van der Waals surface area (Å²) >= 11 is 5.24. The summed E-state index contributed by atoms with van der Waals surface area (Å²) in [6.45, 7) is 3.69. The SMILES string of the molecule is COCCNC(=S)Nc1cc(S(=O)(=O)N2CC[NH+](C)CC2)ccc1OC. The number of nitrogens with zero attached hydrogens (tertiary/aromatic N) is 1. The Kier molecular flexibility index (Phi) is 7.59. The molecule has 0 radical (unpaired) electrons. The Bertz CT molecular complexity index is 719. The number of benzene rings is 1. The molecule has 10 heteroatoms. The van der Waals surface area contributed by atoms with Crippen molar-refractivity contribution < 1.29 is 22.8 Å². The van der Waals surface area contributed by atoms with Gasteiger partial charge in [-0.1, -0.05) is 0 Å². The first kappa shape index (κ1) is 20.8. The zero-order valence-corrected chi connectivity index (χ0v) is 17.0. The van der Waals surface area contributed by atoms with Crippen molar-refractivity contribution in [3.05, 3.63) is 18.2 Å². The summed E-state index contributed by atoms with van der Waals surface area (Å²) in [6.07, 6.45) is 0. The van der Waals surface area contributed by atoms with Gasteiger partial charge in [0.25, 0.3) is 0 Å². The van der Waals surface area contributed by atoms with Crippen LogP contribution in [0.3, 0.4) is 0 Å². The molecule has 8 nitrogen and oxygen atoms in total. The van der Waals surface area contributed by atoms with E-state index in [1.807, 2.05) is 0 Å². The minimum atomic E-state index is -3.55. The molecule has 1 aromatic carbocycles. The first-order valence-electron chi connectivity index (χ1n) is 8.41. The van der Waals surface area contributed by atoms with Crippen LogP contribution in [0.15, 0.2) is 23.1 Å². The summed E-state index contributed by atoms with van der Waals surface area (Å²) in [7, 11) is 1.65. The average molecular weight is 404 g/mol. The first-order chi connectivity index (χ1) is 12.4. The van der Waals surface area contributed by atoms with Crippen molar-refractivity contribution in [2.24, 2.45) is 0 Å². The lowest BCUT2D eigenvalue weighted by molar-refractivity contribution is -0.883. The van der Waals surface area contributed by atoms with Gasteiger partial charge in [-0.25, -0.2) is 8.42 Å². The third-order valence-corrected chi connectivity index (χ3v) is 6.37. The van der Waals surface area contributed by atoms with Crippen LogP contribution in [0.4, 0.5) is 5.69 Å². The second-order valence-electron chi connectivity index (χ2n) is 6.10. The molecule has 1 fully saturated rings. The van der Waals surface area contributed by atoms with Crippen LogP contribution in [0.5, 0.6) is 5.75 Å². The Morgan fingerprint density at radius 2 is 2.00 bits per heavy atom. The molecule has 1 aliphatic rings. The van der Waals surface area contributed by atoms with Gasteiger partial charge in [0, 0.05) is 13.7 Å². The molecule has 0 aromatic heterocycles. The minimum Gasteiger partial charge on any atom is -0.495 e. The fourth-order valence-electron chi connectivity index (χ4n) is 2.64. The van der Waals surface area contributed by atoms with Crippen molar-refractivity contribution in [1.82, 2.24) is 9.62 Å². The highest BCUT2D eigenvalue weighted by atomic mass is 32.2. The Morgan fingerprint density at radius 3 is 2.62 bits per heavy atom. The molecule has 0 amide bonds. The van der Waals surface area contributed by atoms with E-state index in [1.165, 1.54) is 16.3 Å². The quantitative estimate of drug-likeness (QED) is 0.404. The number of sulfonamides is 1. The summed E-state index contributed by atoms with van der Waals surface area (Å²) in [5.41, 5.74) is 0.503. The summed E-state index contributed by atoms with van der Waals surface area (Å²) in [5.74, 6) is 0.516. The van der Waals surface area contributed by atoms with E-state index in [0.29, 0.717) is 42.8 Å². The van der Waals surface area contributed by atoms with Crippen LogP contribution >= 0.6 is 12.2 Å². The maximum atomic E-state index is 12.9. The molecular formula is C16H27N4O4S2+. The number of nitrogens with one attached hydrogen (secondary N) is 3. The number of hydrogen-bond donors (Lipinski definition) is 3. The van der Waals surface area contributed by atoms with Crippen LogP contribution in [0.25, 0.3) is 0 Å². The van der Waals surface area contributed by atoms with Crippen LogP contribution < -0.4 is 20.3 Å². The number of piperazine rings is 1. The summed E-state index contributed by atoms with van der Waals surface area (Å²) in [6, 6.07) is 4.75. The maximum absolute atomic E-state index is 12.9. The van der Waals surface area contributed by atoms with E-state index in [9.17, 15) is 8.42 Å². The molecule has 3 N–H and O–H groups in total. The predicted octanol–water partition coefficient (Wildman–Crippen LogP) is -0.853. The molecule has 146 valence electrons. The lowest BCUT2D eigenvalue weighted by atomic mass is 10.3. The maximum Gasteiger partial charge on any atom is 0.243 e. The Morgan fingerprint density at radius 1 is 1.31 bits per heavy atom. The molecule has 0 saturated carbocycles. The molecule has 0 atom stereocenters. The van der Waals surface area contributed by atoms with Crippen molar-refractivity contribution in [2.45, 2.75) is 4.90 Å². The van der Waals surface area contributed by atoms with Crippen LogP contribution in [-0.4, -0.2) is 78.4 Å².